The van der Waals surface area contributed by atoms with Gasteiger partial charge >= 0.3 is 0 Å². The van der Waals surface area contributed by atoms with E-state index in [1.54, 1.807) is 18.2 Å². The van der Waals surface area contributed by atoms with E-state index in [2.05, 4.69) is 0 Å². The van der Waals surface area contributed by atoms with E-state index >= 15 is 0 Å². The Morgan fingerprint density at radius 2 is 2.00 bits per heavy atom. The van der Waals surface area contributed by atoms with Crippen LogP contribution in [0.25, 0.3) is 0 Å². The van der Waals surface area contributed by atoms with Crippen molar-refractivity contribution in [3.63, 3.8) is 0 Å². The average Bonchev–Trinajstić information content (AvgIpc) is 2.28. The maximum absolute atomic E-state index is 13.7. The van der Waals surface area contributed by atoms with Crippen molar-refractivity contribution >= 4 is 23.2 Å². The van der Waals surface area contributed by atoms with E-state index in [-0.39, 0.29) is 16.2 Å². The average molecular weight is 261 g/mol. The van der Waals surface area contributed by atoms with Crippen molar-refractivity contribution in [3.8, 4) is 0 Å². The second-order valence-electron chi connectivity index (χ2n) is 4.48. The van der Waals surface area contributed by atoms with Crippen LogP contribution in [0, 0.1) is 11.7 Å². The molecule has 1 saturated carbocycles. The molecule has 0 heterocycles. The number of benzene rings is 1. The van der Waals surface area contributed by atoms with Crippen LogP contribution in [0.4, 0.5) is 4.39 Å². The van der Waals surface area contributed by atoms with E-state index in [1.165, 1.54) is 12.8 Å². The van der Waals surface area contributed by atoms with E-state index in [4.69, 9.17) is 23.2 Å². The largest absolute Gasteiger partial charge is 0.205 e. The number of rotatable bonds is 2. The summed E-state index contributed by atoms with van der Waals surface area (Å²) in [6.45, 7) is 0. The number of alkyl halides is 1. The fourth-order valence-electron chi connectivity index (χ4n) is 2.38. The van der Waals surface area contributed by atoms with Gasteiger partial charge in [0.05, 0.1) is 5.02 Å². The van der Waals surface area contributed by atoms with Gasteiger partial charge in [-0.05, 0) is 36.8 Å². The van der Waals surface area contributed by atoms with Crippen LogP contribution >= 0.6 is 23.2 Å². The second-order valence-corrected chi connectivity index (χ2v) is 5.45. The summed E-state index contributed by atoms with van der Waals surface area (Å²) in [4.78, 5) is 0. The van der Waals surface area contributed by atoms with Gasteiger partial charge in [0.2, 0.25) is 0 Å². The van der Waals surface area contributed by atoms with Crippen molar-refractivity contribution in [2.45, 2.75) is 37.5 Å². The summed E-state index contributed by atoms with van der Waals surface area (Å²) in [6.07, 6.45) is 5.26. The molecule has 0 bridgehead atoms. The minimum absolute atomic E-state index is 0.187. The van der Waals surface area contributed by atoms with Gasteiger partial charge in [-0.15, -0.1) is 11.6 Å². The molecular formula is C13H15Cl2F. The Morgan fingerprint density at radius 3 is 2.75 bits per heavy atom. The van der Waals surface area contributed by atoms with Crippen LogP contribution in [0.3, 0.4) is 0 Å². The summed E-state index contributed by atoms with van der Waals surface area (Å²) in [5.74, 6) is 0.113. The molecule has 0 saturated heterocycles. The molecule has 0 nitrogen and oxygen atoms in total. The summed E-state index contributed by atoms with van der Waals surface area (Å²) >= 11 is 12.0. The summed E-state index contributed by atoms with van der Waals surface area (Å²) in [5.41, 5.74) is 0.699. The Hall–Kier alpha value is -0.270. The normalized spacial score (nSPS) is 25.7. The van der Waals surface area contributed by atoms with Gasteiger partial charge in [0.25, 0.3) is 0 Å². The standard InChI is InChI=1S/C13H15Cl2F/c14-11-6-2-1-4-9(11)8-10-5-3-7-12(15)13(10)16/h3,5,7,9,11H,1-2,4,6,8H2. The molecule has 88 valence electrons. The maximum atomic E-state index is 13.7. The van der Waals surface area contributed by atoms with Gasteiger partial charge in [0.1, 0.15) is 5.82 Å². The lowest BCUT2D eigenvalue weighted by Gasteiger charge is -2.27. The van der Waals surface area contributed by atoms with E-state index in [0.717, 1.165) is 12.8 Å². The Labute approximate surface area is 106 Å². The fourth-order valence-corrected chi connectivity index (χ4v) is 2.94. The lowest BCUT2D eigenvalue weighted by Crippen LogP contribution is -2.22. The molecule has 0 aliphatic heterocycles. The van der Waals surface area contributed by atoms with Gasteiger partial charge in [0, 0.05) is 5.38 Å². The quantitative estimate of drug-likeness (QED) is 0.669. The SMILES string of the molecule is Fc1c(Cl)cccc1CC1CCCCC1Cl. The predicted molar refractivity (Wildman–Crippen MR) is 66.7 cm³/mol. The highest BCUT2D eigenvalue weighted by atomic mass is 35.5. The topological polar surface area (TPSA) is 0 Å². The van der Waals surface area contributed by atoms with Gasteiger partial charge in [0.15, 0.2) is 0 Å². The Kier molecular flexibility index (Phi) is 4.10. The highest BCUT2D eigenvalue weighted by molar-refractivity contribution is 6.30. The van der Waals surface area contributed by atoms with Gasteiger partial charge in [-0.2, -0.15) is 0 Å². The zero-order chi connectivity index (χ0) is 11.5. The summed E-state index contributed by atoms with van der Waals surface area (Å²) in [6, 6.07) is 5.19. The summed E-state index contributed by atoms with van der Waals surface area (Å²) < 4.78 is 13.7. The van der Waals surface area contributed by atoms with Gasteiger partial charge in [-0.3, -0.25) is 0 Å². The lowest BCUT2D eigenvalue weighted by molar-refractivity contribution is 0.360. The number of hydrogen-bond donors (Lipinski definition) is 0. The highest BCUT2D eigenvalue weighted by Gasteiger charge is 2.24. The third kappa shape index (κ3) is 2.70. The first-order chi connectivity index (χ1) is 7.68. The monoisotopic (exact) mass is 260 g/mol. The van der Waals surface area contributed by atoms with Crippen LogP contribution in [0.15, 0.2) is 18.2 Å². The van der Waals surface area contributed by atoms with Gasteiger partial charge < -0.3 is 0 Å². The highest BCUT2D eigenvalue weighted by Crippen LogP contribution is 2.32. The van der Waals surface area contributed by atoms with Gasteiger partial charge in [-0.1, -0.05) is 36.6 Å². The molecule has 1 fully saturated rings. The van der Waals surface area contributed by atoms with Crippen molar-refractivity contribution in [2.75, 3.05) is 0 Å². The third-order valence-electron chi connectivity index (χ3n) is 3.33. The molecule has 2 rings (SSSR count). The number of hydrogen-bond acceptors (Lipinski definition) is 0. The molecule has 3 heteroatoms. The van der Waals surface area contributed by atoms with Crippen LogP contribution in [0.1, 0.15) is 31.2 Å². The smallest absolute Gasteiger partial charge is 0.144 e. The van der Waals surface area contributed by atoms with Crippen LogP contribution in [0.2, 0.25) is 5.02 Å². The minimum atomic E-state index is -0.279. The molecule has 1 aliphatic carbocycles. The van der Waals surface area contributed by atoms with E-state index in [0.29, 0.717) is 17.9 Å². The second kappa shape index (κ2) is 5.37. The molecule has 0 radical (unpaired) electrons. The molecule has 16 heavy (non-hydrogen) atoms. The number of halogens is 3. The van der Waals surface area contributed by atoms with Crippen LogP contribution in [0.5, 0.6) is 0 Å². The van der Waals surface area contributed by atoms with Crippen molar-refractivity contribution < 1.29 is 4.39 Å². The zero-order valence-corrected chi connectivity index (χ0v) is 10.6. The fraction of sp³-hybridized carbons (Fsp3) is 0.538. The first kappa shape index (κ1) is 12.2. The molecule has 0 amide bonds. The van der Waals surface area contributed by atoms with Crippen LogP contribution in [-0.2, 0) is 6.42 Å². The Morgan fingerprint density at radius 1 is 1.25 bits per heavy atom. The molecule has 1 aliphatic rings. The minimum Gasteiger partial charge on any atom is -0.205 e. The lowest BCUT2D eigenvalue weighted by atomic mass is 9.84. The molecule has 0 aromatic heterocycles. The van der Waals surface area contributed by atoms with E-state index < -0.39 is 0 Å². The maximum Gasteiger partial charge on any atom is 0.144 e. The Bertz CT molecular complexity index is 365. The van der Waals surface area contributed by atoms with Crippen LogP contribution in [-0.4, -0.2) is 5.38 Å². The first-order valence-electron chi connectivity index (χ1n) is 5.75. The molecule has 1 aromatic rings. The van der Waals surface area contributed by atoms with Crippen LogP contribution < -0.4 is 0 Å². The summed E-state index contributed by atoms with van der Waals surface area (Å²) in [5, 5.41) is 0.395. The van der Waals surface area contributed by atoms with Crippen molar-refractivity contribution in [1.82, 2.24) is 0 Å². The molecular weight excluding hydrogens is 246 g/mol. The van der Waals surface area contributed by atoms with E-state index in [1.807, 2.05) is 0 Å². The summed E-state index contributed by atoms with van der Waals surface area (Å²) in [7, 11) is 0. The third-order valence-corrected chi connectivity index (χ3v) is 4.20. The van der Waals surface area contributed by atoms with Crippen molar-refractivity contribution in [1.29, 1.82) is 0 Å². The Balaban J connectivity index is 2.10. The molecule has 2 atom stereocenters. The zero-order valence-electron chi connectivity index (χ0n) is 9.06. The molecule has 0 spiro atoms. The first-order valence-corrected chi connectivity index (χ1v) is 6.57. The van der Waals surface area contributed by atoms with E-state index in [9.17, 15) is 4.39 Å². The van der Waals surface area contributed by atoms with Crippen molar-refractivity contribution in [2.24, 2.45) is 5.92 Å². The molecule has 2 unspecified atom stereocenters. The molecule has 1 aromatic carbocycles. The predicted octanol–water partition coefficient (Wildman–Crippen LogP) is 4.82. The van der Waals surface area contributed by atoms with Gasteiger partial charge in [-0.25, -0.2) is 4.39 Å². The molecule has 0 N–H and O–H groups in total. The van der Waals surface area contributed by atoms with Crippen molar-refractivity contribution in [3.05, 3.63) is 34.6 Å².